The van der Waals surface area contributed by atoms with Crippen LogP contribution in [0, 0.1) is 0 Å². The van der Waals surface area contributed by atoms with E-state index >= 15 is 0 Å². The molecule has 9 heteroatoms. The van der Waals surface area contributed by atoms with Crippen LogP contribution in [0.4, 0.5) is 17.2 Å². The second-order valence-corrected chi connectivity index (χ2v) is 8.66. The molecule has 1 aromatic heterocycles. The molecule has 8 nitrogen and oxygen atoms in total. The molecule has 1 unspecified atom stereocenters. The van der Waals surface area contributed by atoms with E-state index < -0.39 is 9.84 Å². The minimum atomic E-state index is -2.96. The van der Waals surface area contributed by atoms with Crippen LogP contribution in [-0.4, -0.2) is 55.9 Å². The molecule has 0 aliphatic carbocycles. The van der Waals surface area contributed by atoms with Gasteiger partial charge in [0.25, 0.3) is 5.91 Å². The van der Waals surface area contributed by atoms with Crippen molar-refractivity contribution in [1.82, 2.24) is 9.97 Å². The monoisotopic (exact) mass is 375 g/mol. The van der Waals surface area contributed by atoms with E-state index in [1.54, 1.807) is 0 Å². The first kappa shape index (κ1) is 18.1. The molecule has 2 heterocycles. The minimum Gasteiger partial charge on any atom is -0.378 e. The molecule has 1 amide bonds. The Balaban J connectivity index is 1.60. The Morgan fingerprint density at radius 1 is 1.15 bits per heavy atom. The van der Waals surface area contributed by atoms with Gasteiger partial charge >= 0.3 is 0 Å². The van der Waals surface area contributed by atoms with Gasteiger partial charge in [0.2, 0.25) is 0 Å². The lowest BCUT2D eigenvalue weighted by molar-refractivity contribution is 0.102. The third-order valence-corrected chi connectivity index (χ3v) is 5.88. The summed E-state index contributed by atoms with van der Waals surface area (Å²) in [6.07, 6.45) is 3.36. The van der Waals surface area contributed by atoms with Crippen molar-refractivity contribution >= 4 is 32.9 Å². The number of aromatic nitrogens is 2. The van der Waals surface area contributed by atoms with Gasteiger partial charge in [-0.2, -0.15) is 0 Å². The van der Waals surface area contributed by atoms with Crippen molar-refractivity contribution in [1.29, 1.82) is 0 Å². The molecule has 138 valence electrons. The molecule has 0 saturated carbocycles. The highest BCUT2D eigenvalue weighted by atomic mass is 32.2. The summed E-state index contributed by atoms with van der Waals surface area (Å²) in [6.45, 7) is 0. The third-order valence-electron chi connectivity index (χ3n) is 4.11. The zero-order valence-electron chi connectivity index (χ0n) is 14.6. The van der Waals surface area contributed by atoms with Crippen LogP contribution in [0.5, 0.6) is 0 Å². The number of amides is 1. The second kappa shape index (κ2) is 7.28. The van der Waals surface area contributed by atoms with Gasteiger partial charge in [0.15, 0.2) is 9.84 Å². The summed E-state index contributed by atoms with van der Waals surface area (Å²) in [5.74, 6) is 0.384. The normalized spacial score (nSPS) is 18.3. The second-order valence-electron chi connectivity index (χ2n) is 6.43. The Kier molecular flexibility index (Phi) is 5.08. The van der Waals surface area contributed by atoms with Crippen LogP contribution in [-0.2, 0) is 9.84 Å². The van der Waals surface area contributed by atoms with Gasteiger partial charge in [-0.15, -0.1) is 0 Å². The Morgan fingerprint density at radius 2 is 1.88 bits per heavy atom. The van der Waals surface area contributed by atoms with Gasteiger partial charge in [-0.3, -0.25) is 4.79 Å². The lowest BCUT2D eigenvalue weighted by Crippen LogP contribution is -2.22. The molecule has 26 heavy (non-hydrogen) atoms. The van der Waals surface area contributed by atoms with E-state index in [0.717, 1.165) is 5.69 Å². The van der Waals surface area contributed by atoms with E-state index in [1.165, 1.54) is 12.4 Å². The number of carbonyl (C=O) groups excluding carboxylic acids is 1. The van der Waals surface area contributed by atoms with E-state index in [-0.39, 0.29) is 29.1 Å². The van der Waals surface area contributed by atoms with Gasteiger partial charge in [-0.1, -0.05) is 0 Å². The van der Waals surface area contributed by atoms with Crippen LogP contribution < -0.4 is 15.5 Å². The van der Waals surface area contributed by atoms with Crippen molar-refractivity contribution in [2.24, 2.45) is 0 Å². The van der Waals surface area contributed by atoms with Crippen molar-refractivity contribution in [3.63, 3.8) is 0 Å². The maximum Gasteiger partial charge on any atom is 0.275 e. The minimum absolute atomic E-state index is 0.0971. The van der Waals surface area contributed by atoms with Gasteiger partial charge in [0, 0.05) is 31.5 Å². The fourth-order valence-corrected chi connectivity index (χ4v) is 4.35. The third kappa shape index (κ3) is 4.48. The van der Waals surface area contributed by atoms with Gasteiger partial charge in [-0.05, 0) is 30.7 Å². The number of hydrogen-bond donors (Lipinski definition) is 2. The molecule has 1 aliphatic heterocycles. The zero-order valence-corrected chi connectivity index (χ0v) is 15.5. The highest BCUT2D eigenvalue weighted by Gasteiger charge is 2.28. The molecule has 2 N–H and O–H groups in total. The Hall–Kier alpha value is -2.68. The molecule has 2 aromatic rings. The summed E-state index contributed by atoms with van der Waals surface area (Å²) in [6, 6.07) is 7.28. The van der Waals surface area contributed by atoms with Crippen molar-refractivity contribution in [2.75, 3.05) is 41.1 Å². The van der Waals surface area contributed by atoms with Gasteiger partial charge in [-0.25, -0.2) is 18.4 Å². The Morgan fingerprint density at radius 3 is 2.42 bits per heavy atom. The molecule has 0 bridgehead atoms. The largest absolute Gasteiger partial charge is 0.378 e. The first-order chi connectivity index (χ1) is 12.3. The number of nitrogens with zero attached hydrogens (tertiary/aromatic N) is 3. The van der Waals surface area contributed by atoms with Crippen LogP contribution in [0.3, 0.4) is 0 Å². The van der Waals surface area contributed by atoms with E-state index in [1.807, 2.05) is 43.3 Å². The lowest BCUT2D eigenvalue weighted by Gasteiger charge is -2.13. The maximum atomic E-state index is 12.3. The summed E-state index contributed by atoms with van der Waals surface area (Å²) >= 11 is 0. The number of nitrogens with one attached hydrogen (secondary N) is 2. The summed E-state index contributed by atoms with van der Waals surface area (Å²) in [5, 5.41) is 5.81. The molecular weight excluding hydrogens is 354 g/mol. The summed E-state index contributed by atoms with van der Waals surface area (Å²) in [5.41, 5.74) is 1.89. The number of anilines is 3. The van der Waals surface area contributed by atoms with Crippen LogP contribution in [0.25, 0.3) is 0 Å². The predicted octanol–water partition coefficient (Wildman–Crippen LogP) is 1.39. The lowest BCUT2D eigenvalue weighted by atomic mass is 10.2. The molecule has 1 aromatic carbocycles. The van der Waals surface area contributed by atoms with Crippen LogP contribution >= 0.6 is 0 Å². The smallest absolute Gasteiger partial charge is 0.275 e. The fourth-order valence-electron chi connectivity index (χ4n) is 2.68. The Bertz CT molecular complexity index is 880. The van der Waals surface area contributed by atoms with Gasteiger partial charge in [0.05, 0.1) is 23.9 Å². The summed E-state index contributed by atoms with van der Waals surface area (Å²) in [4.78, 5) is 22.5. The van der Waals surface area contributed by atoms with Gasteiger partial charge in [0.1, 0.15) is 11.5 Å². The molecule has 3 rings (SSSR count). The van der Waals surface area contributed by atoms with Crippen molar-refractivity contribution in [3.05, 3.63) is 42.4 Å². The number of benzene rings is 1. The highest BCUT2D eigenvalue weighted by Crippen LogP contribution is 2.17. The molecule has 0 spiro atoms. The van der Waals surface area contributed by atoms with Crippen molar-refractivity contribution in [2.45, 2.75) is 12.5 Å². The summed E-state index contributed by atoms with van der Waals surface area (Å²) in [7, 11) is 0.930. The van der Waals surface area contributed by atoms with E-state index in [2.05, 4.69) is 20.6 Å². The fraction of sp³-hybridized carbons (Fsp3) is 0.353. The van der Waals surface area contributed by atoms with E-state index in [0.29, 0.717) is 17.9 Å². The van der Waals surface area contributed by atoms with Crippen molar-refractivity contribution in [3.8, 4) is 0 Å². The number of rotatable bonds is 5. The molecule has 1 saturated heterocycles. The first-order valence-electron chi connectivity index (χ1n) is 8.20. The average Bonchev–Trinajstić information content (AvgIpc) is 2.94. The molecule has 1 fully saturated rings. The highest BCUT2D eigenvalue weighted by molar-refractivity contribution is 7.91. The van der Waals surface area contributed by atoms with Crippen LogP contribution in [0.1, 0.15) is 16.9 Å². The standard InChI is InChI=1S/C17H21N5O3S/c1-22(2)14-5-3-12(4-6-14)21-17(23)15-9-19-16(10-18-15)20-13-7-8-26(24,25)11-13/h3-6,9-10,13H,7-8,11H2,1-2H3,(H,19,20)(H,21,23). The number of carbonyl (C=O) groups is 1. The molecular formula is C17H21N5O3S. The SMILES string of the molecule is CN(C)c1ccc(NC(=O)c2cnc(NC3CCS(=O)(=O)C3)cn2)cc1. The molecule has 1 atom stereocenters. The van der Waals surface area contributed by atoms with Gasteiger partial charge < -0.3 is 15.5 Å². The predicted molar refractivity (Wildman–Crippen MR) is 101 cm³/mol. The Labute approximate surface area is 152 Å². The van der Waals surface area contributed by atoms with Crippen molar-refractivity contribution < 1.29 is 13.2 Å². The zero-order chi connectivity index (χ0) is 18.7. The van der Waals surface area contributed by atoms with E-state index in [9.17, 15) is 13.2 Å². The summed E-state index contributed by atoms with van der Waals surface area (Å²) < 4.78 is 22.9. The maximum absolute atomic E-state index is 12.3. The van der Waals surface area contributed by atoms with Crippen LogP contribution in [0.2, 0.25) is 0 Å². The quantitative estimate of drug-likeness (QED) is 0.814. The average molecular weight is 375 g/mol. The molecule has 1 aliphatic rings. The topological polar surface area (TPSA) is 104 Å². The number of sulfone groups is 1. The first-order valence-corrected chi connectivity index (χ1v) is 10.0. The van der Waals surface area contributed by atoms with Crippen LogP contribution in [0.15, 0.2) is 36.7 Å². The van der Waals surface area contributed by atoms with E-state index in [4.69, 9.17) is 0 Å². The molecule has 0 radical (unpaired) electrons. The number of hydrogen-bond acceptors (Lipinski definition) is 7.